The number of nitrogens with zero attached hydrogens (tertiary/aromatic N) is 2. The zero-order chi connectivity index (χ0) is 13.8. The van der Waals surface area contributed by atoms with Gasteiger partial charge in [0.15, 0.2) is 0 Å². The van der Waals surface area contributed by atoms with E-state index in [0.29, 0.717) is 0 Å². The number of carbonyl (C=O) groups excluding carboxylic acids is 1. The van der Waals surface area contributed by atoms with Crippen molar-refractivity contribution in [3.05, 3.63) is 22.4 Å². The average Bonchev–Trinajstić information content (AvgIpc) is 3.10. The zero-order valence-corrected chi connectivity index (χ0v) is 12.9. The van der Waals surface area contributed by atoms with E-state index in [1.807, 2.05) is 16.8 Å². The zero-order valence-electron chi connectivity index (χ0n) is 12.1. The van der Waals surface area contributed by atoms with Crippen LogP contribution in [-0.2, 0) is 0 Å². The molecule has 1 unspecified atom stereocenters. The van der Waals surface area contributed by atoms with Crippen molar-refractivity contribution in [1.29, 1.82) is 0 Å². The van der Waals surface area contributed by atoms with Crippen LogP contribution in [0.5, 0.6) is 0 Å². The van der Waals surface area contributed by atoms with Gasteiger partial charge in [0, 0.05) is 25.0 Å². The van der Waals surface area contributed by atoms with Crippen LogP contribution < -0.4 is 0 Å². The predicted octanol–water partition coefficient (Wildman–Crippen LogP) is 3.09. The number of carbonyl (C=O) groups is 1. The fourth-order valence-electron chi connectivity index (χ4n) is 3.45. The first-order valence-electron chi connectivity index (χ1n) is 7.87. The maximum absolute atomic E-state index is 12.4. The van der Waals surface area contributed by atoms with Crippen molar-refractivity contribution in [2.24, 2.45) is 5.92 Å². The molecule has 2 aliphatic heterocycles. The smallest absolute Gasteiger partial charge is 0.254 e. The maximum Gasteiger partial charge on any atom is 0.254 e. The second-order valence-electron chi connectivity index (χ2n) is 6.11. The highest BCUT2D eigenvalue weighted by Crippen LogP contribution is 2.22. The van der Waals surface area contributed by atoms with Gasteiger partial charge in [-0.2, -0.15) is 11.3 Å². The van der Waals surface area contributed by atoms with E-state index in [2.05, 4.69) is 9.80 Å². The first-order chi connectivity index (χ1) is 9.83. The molecule has 1 aromatic rings. The van der Waals surface area contributed by atoms with E-state index in [1.165, 1.54) is 45.3 Å². The van der Waals surface area contributed by atoms with Gasteiger partial charge in [0.25, 0.3) is 5.91 Å². The van der Waals surface area contributed by atoms with Gasteiger partial charge in [-0.1, -0.05) is 0 Å². The summed E-state index contributed by atoms with van der Waals surface area (Å²) in [4.78, 5) is 17.1. The average molecular weight is 292 g/mol. The Hall–Kier alpha value is -0.870. The van der Waals surface area contributed by atoms with Gasteiger partial charge in [-0.15, -0.1) is 0 Å². The van der Waals surface area contributed by atoms with Gasteiger partial charge in [-0.25, -0.2) is 0 Å². The first-order valence-corrected chi connectivity index (χ1v) is 8.81. The SMILES string of the molecule is O=C(c1ccsc1)N1CCCC(CN2CCCC2)CC1. The Kier molecular flexibility index (Phi) is 4.73. The molecule has 1 aromatic heterocycles. The largest absolute Gasteiger partial charge is 0.339 e. The molecule has 110 valence electrons. The minimum absolute atomic E-state index is 0.230. The molecule has 1 amide bonds. The van der Waals surface area contributed by atoms with Crippen LogP contribution in [0.15, 0.2) is 16.8 Å². The predicted molar refractivity (Wildman–Crippen MR) is 83.2 cm³/mol. The van der Waals surface area contributed by atoms with Gasteiger partial charge in [-0.3, -0.25) is 4.79 Å². The molecule has 0 spiro atoms. The quantitative estimate of drug-likeness (QED) is 0.855. The van der Waals surface area contributed by atoms with Gasteiger partial charge in [0.2, 0.25) is 0 Å². The van der Waals surface area contributed by atoms with E-state index in [0.717, 1.165) is 31.0 Å². The topological polar surface area (TPSA) is 23.6 Å². The van der Waals surface area contributed by atoms with Gasteiger partial charge >= 0.3 is 0 Å². The lowest BCUT2D eigenvalue weighted by atomic mass is 10.0. The normalized spacial score (nSPS) is 24.8. The highest BCUT2D eigenvalue weighted by atomic mass is 32.1. The van der Waals surface area contributed by atoms with Crippen molar-refractivity contribution in [1.82, 2.24) is 9.80 Å². The van der Waals surface area contributed by atoms with Gasteiger partial charge < -0.3 is 9.80 Å². The third-order valence-corrected chi connectivity index (χ3v) is 5.30. The Morgan fingerprint density at radius 1 is 1.15 bits per heavy atom. The molecule has 3 nitrogen and oxygen atoms in total. The van der Waals surface area contributed by atoms with E-state index in [4.69, 9.17) is 0 Å². The van der Waals surface area contributed by atoms with E-state index in [-0.39, 0.29) is 5.91 Å². The molecule has 0 N–H and O–H groups in total. The third-order valence-electron chi connectivity index (χ3n) is 4.62. The molecule has 0 aliphatic carbocycles. The summed E-state index contributed by atoms with van der Waals surface area (Å²) in [5.74, 6) is 1.02. The molecule has 0 bridgehead atoms. The summed E-state index contributed by atoms with van der Waals surface area (Å²) >= 11 is 1.60. The van der Waals surface area contributed by atoms with Crippen LogP contribution in [0, 0.1) is 5.92 Å². The molecule has 2 saturated heterocycles. The number of thiophene rings is 1. The van der Waals surface area contributed by atoms with Crippen molar-refractivity contribution in [3.8, 4) is 0 Å². The number of hydrogen-bond donors (Lipinski definition) is 0. The van der Waals surface area contributed by atoms with Gasteiger partial charge in [0.05, 0.1) is 5.56 Å². The van der Waals surface area contributed by atoms with Crippen LogP contribution >= 0.6 is 11.3 Å². The Morgan fingerprint density at radius 2 is 2.00 bits per heavy atom. The lowest BCUT2D eigenvalue weighted by Gasteiger charge is -2.23. The summed E-state index contributed by atoms with van der Waals surface area (Å²) in [6, 6.07) is 1.94. The highest BCUT2D eigenvalue weighted by molar-refractivity contribution is 7.08. The molecule has 3 rings (SSSR count). The monoisotopic (exact) mass is 292 g/mol. The van der Waals surface area contributed by atoms with Gasteiger partial charge in [-0.05, 0) is 62.6 Å². The molecule has 2 fully saturated rings. The van der Waals surface area contributed by atoms with Crippen molar-refractivity contribution >= 4 is 17.2 Å². The highest BCUT2D eigenvalue weighted by Gasteiger charge is 2.23. The fraction of sp³-hybridized carbons (Fsp3) is 0.688. The number of likely N-dealkylation sites (tertiary alicyclic amines) is 2. The standard InChI is InChI=1S/C16H24N2OS/c19-16(15-6-11-20-13-15)18-9-3-4-14(5-10-18)12-17-7-1-2-8-17/h6,11,13-14H,1-5,7-10,12H2. The minimum atomic E-state index is 0.230. The molecular weight excluding hydrogens is 268 g/mol. The number of rotatable bonds is 3. The molecule has 0 radical (unpaired) electrons. The summed E-state index contributed by atoms with van der Waals surface area (Å²) in [5.41, 5.74) is 0.869. The summed E-state index contributed by atoms with van der Waals surface area (Å²) in [7, 11) is 0. The molecule has 4 heteroatoms. The second-order valence-corrected chi connectivity index (χ2v) is 6.89. The van der Waals surface area contributed by atoms with E-state index in [1.54, 1.807) is 11.3 Å². The van der Waals surface area contributed by atoms with E-state index in [9.17, 15) is 4.79 Å². The molecule has 0 saturated carbocycles. The van der Waals surface area contributed by atoms with Crippen LogP contribution in [0.1, 0.15) is 42.5 Å². The van der Waals surface area contributed by atoms with Crippen LogP contribution in [0.4, 0.5) is 0 Å². The van der Waals surface area contributed by atoms with Crippen LogP contribution in [0.2, 0.25) is 0 Å². The lowest BCUT2D eigenvalue weighted by Crippen LogP contribution is -2.32. The molecule has 3 heterocycles. The van der Waals surface area contributed by atoms with E-state index >= 15 is 0 Å². The number of hydrogen-bond acceptors (Lipinski definition) is 3. The van der Waals surface area contributed by atoms with Crippen LogP contribution in [0.3, 0.4) is 0 Å². The first kappa shape index (κ1) is 14.1. The Morgan fingerprint density at radius 3 is 2.75 bits per heavy atom. The van der Waals surface area contributed by atoms with Crippen molar-refractivity contribution in [2.45, 2.75) is 32.1 Å². The molecule has 20 heavy (non-hydrogen) atoms. The lowest BCUT2D eigenvalue weighted by molar-refractivity contribution is 0.0759. The van der Waals surface area contributed by atoms with Gasteiger partial charge in [0.1, 0.15) is 0 Å². The Labute approximate surface area is 125 Å². The minimum Gasteiger partial charge on any atom is -0.339 e. The van der Waals surface area contributed by atoms with E-state index < -0.39 is 0 Å². The fourth-order valence-corrected chi connectivity index (χ4v) is 4.08. The maximum atomic E-state index is 12.4. The van der Waals surface area contributed by atoms with Crippen LogP contribution in [0.25, 0.3) is 0 Å². The Balaban J connectivity index is 1.52. The summed E-state index contributed by atoms with van der Waals surface area (Å²) < 4.78 is 0. The third kappa shape index (κ3) is 3.41. The summed E-state index contributed by atoms with van der Waals surface area (Å²) in [5, 5.41) is 3.95. The molecule has 0 aromatic carbocycles. The van der Waals surface area contributed by atoms with Crippen molar-refractivity contribution < 1.29 is 4.79 Å². The summed E-state index contributed by atoms with van der Waals surface area (Å²) in [6.07, 6.45) is 6.36. The summed E-state index contributed by atoms with van der Waals surface area (Å²) in [6.45, 7) is 5.70. The number of amides is 1. The second kappa shape index (κ2) is 6.72. The molecular formula is C16H24N2OS. The Bertz CT molecular complexity index is 426. The molecule has 1 atom stereocenters. The van der Waals surface area contributed by atoms with Crippen molar-refractivity contribution in [3.63, 3.8) is 0 Å². The van der Waals surface area contributed by atoms with Crippen LogP contribution in [-0.4, -0.2) is 48.4 Å². The molecule has 2 aliphatic rings. The van der Waals surface area contributed by atoms with Crippen molar-refractivity contribution in [2.75, 3.05) is 32.7 Å².